The van der Waals surface area contributed by atoms with Crippen LogP contribution in [0.1, 0.15) is 71.1 Å². The van der Waals surface area contributed by atoms with E-state index in [1.54, 1.807) is 0 Å². The highest BCUT2D eigenvalue weighted by molar-refractivity contribution is 5.78. The summed E-state index contributed by atoms with van der Waals surface area (Å²) < 4.78 is 4.85. The lowest BCUT2D eigenvalue weighted by Crippen LogP contribution is -2.20. The standard InChI is InChI=1S/C18H28O3/c1-11(16(20)21-8)12-9-13(17(2,3)4)15(19)14(10-12)18(5,6)7/h9-11,19H,1-8H3. The summed E-state index contributed by atoms with van der Waals surface area (Å²) in [4.78, 5) is 11.8. The van der Waals surface area contributed by atoms with E-state index in [9.17, 15) is 9.90 Å². The van der Waals surface area contributed by atoms with Gasteiger partial charge in [-0.3, -0.25) is 4.79 Å². The van der Waals surface area contributed by atoms with E-state index in [-0.39, 0.29) is 22.7 Å². The highest BCUT2D eigenvalue weighted by Crippen LogP contribution is 2.41. The van der Waals surface area contributed by atoms with E-state index in [0.717, 1.165) is 16.7 Å². The van der Waals surface area contributed by atoms with Crippen molar-refractivity contribution in [3.63, 3.8) is 0 Å². The lowest BCUT2D eigenvalue weighted by atomic mass is 9.77. The predicted octanol–water partition coefficient (Wildman–Crippen LogP) is 4.26. The third kappa shape index (κ3) is 3.78. The Hall–Kier alpha value is -1.51. The molecule has 3 nitrogen and oxygen atoms in total. The number of ether oxygens (including phenoxy) is 1. The van der Waals surface area contributed by atoms with E-state index in [2.05, 4.69) is 41.5 Å². The van der Waals surface area contributed by atoms with Gasteiger partial charge in [0.2, 0.25) is 0 Å². The fourth-order valence-electron chi connectivity index (χ4n) is 2.36. The Bertz CT molecular complexity index is 495. The van der Waals surface area contributed by atoms with Gasteiger partial charge in [0, 0.05) is 0 Å². The summed E-state index contributed by atoms with van der Waals surface area (Å²) in [5, 5.41) is 10.6. The van der Waals surface area contributed by atoms with Crippen LogP contribution in [0.3, 0.4) is 0 Å². The molecular formula is C18H28O3. The molecule has 3 heteroatoms. The van der Waals surface area contributed by atoms with Gasteiger partial charge in [-0.1, -0.05) is 53.7 Å². The van der Waals surface area contributed by atoms with Crippen LogP contribution in [0.15, 0.2) is 12.1 Å². The Morgan fingerprint density at radius 1 is 1.05 bits per heavy atom. The number of benzene rings is 1. The van der Waals surface area contributed by atoms with Gasteiger partial charge in [0.15, 0.2) is 0 Å². The first-order chi connectivity index (χ1) is 9.39. The lowest BCUT2D eigenvalue weighted by molar-refractivity contribution is -0.142. The monoisotopic (exact) mass is 292 g/mol. The molecule has 0 heterocycles. The van der Waals surface area contributed by atoms with Gasteiger partial charge in [-0.05, 0) is 34.4 Å². The number of aromatic hydroxyl groups is 1. The molecule has 1 unspecified atom stereocenters. The number of hydrogen-bond acceptors (Lipinski definition) is 3. The molecule has 0 aliphatic rings. The van der Waals surface area contributed by atoms with Crippen molar-refractivity contribution in [1.82, 2.24) is 0 Å². The van der Waals surface area contributed by atoms with Crippen LogP contribution in [0.5, 0.6) is 5.75 Å². The molecule has 1 atom stereocenters. The Morgan fingerprint density at radius 3 is 1.71 bits per heavy atom. The van der Waals surface area contributed by atoms with Gasteiger partial charge < -0.3 is 9.84 Å². The third-order valence-electron chi connectivity index (χ3n) is 3.80. The van der Waals surface area contributed by atoms with E-state index in [4.69, 9.17) is 4.74 Å². The molecule has 0 aliphatic heterocycles. The second-order valence-corrected chi connectivity index (χ2v) is 7.71. The SMILES string of the molecule is COC(=O)C(C)c1cc(C(C)(C)C)c(O)c(C(C)(C)C)c1. The van der Waals surface area contributed by atoms with Gasteiger partial charge in [-0.15, -0.1) is 0 Å². The lowest BCUT2D eigenvalue weighted by Gasteiger charge is -2.29. The van der Waals surface area contributed by atoms with Gasteiger partial charge in [-0.25, -0.2) is 0 Å². The zero-order valence-electron chi connectivity index (χ0n) is 14.5. The number of carbonyl (C=O) groups is 1. The van der Waals surface area contributed by atoms with Crippen LogP contribution in [0, 0.1) is 0 Å². The van der Waals surface area contributed by atoms with Gasteiger partial charge >= 0.3 is 5.97 Å². The average molecular weight is 292 g/mol. The smallest absolute Gasteiger partial charge is 0.312 e. The molecule has 1 N–H and O–H groups in total. The molecule has 1 rings (SSSR count). The fraction of sp³-hybridized carbons (Fsp3) is 0.611. The van der Waals surface area contributed by atoms with Gasteiger partial charge in [-0.2, -0.15) is 0 Å². The van der Waals surface area contributed by atoms with Crippen LogP contribution in [0.2, 0.25) is 0 Å². The molecule has 1 aromatic carbocycles. The highest BCUT2D eigenvalue weighted by Gasteiger charge is 2.28. The van der Waals surface area contributed by atoms with Crippen molar-refractivity contribution in [2.45, 2.75) is 65.2 Å². The molecule has 21 heavy (non-hydrogen) atoms. The molecule has 0 spiro atoms. The molecule has 0 saturated heterocycles. The van der Waals surface area contributed by atoms with Gasteiger partial charge in [0.05, 0.1) is 13.0 Å². The summed E-state index contributed by atoms with van der Waals surface area (Å²) in [6.45, 7) is 14.2. The Balaban J connectivity index is 3.59. The summed E-state index contributed by atoms with van der Waals surface area (Å²) in [6, 6.07) is 3.85. The predicted molar refractivity (Wildman–Crippen MR) is 85.9 cm³/mol. The Morgan fingerprint density at radius 2 is 1.43 bits per heavy atom. The van der Waals surface area contributed by atoms with Crippen LogP contribution in [-0.2, 0) is 20.4 Å². The molecule has 0 fully saturated rings. The van der Waals surface area contributed by atoms with Crippen molar-refractivity contribution >= 4 is 5.97 Å². The summed E-state index contributed by atoms with van der Waals surface area (Å²) >= 11 is 0. The zero-order chi connectivity index (χ0) is 16.6. The average Bonchev–Trinajstić information content (AvgIpc) is 2.34. The summed E-state index contributed by atoms with van der Waals surface area (Å²) in [6.07, 6.45) is 0. The van der Waals surface area contributed by atoms with E-state index in [1.807, 2.05) is 19.1 Å². The largest absolute Gasteiger partial charge is 0.507 e. The molecule has 1 aromatic rings. The normalized spacial score (nSPS) is 13.9. The highest BCUT2D eigenvalue weighted by atomic mass is 16.5. The van der Waals surface area contributed by atoms with Crippen molar-refractivity contribution in [3.05, 3.63) is 28.8 Å². The first-order valence-corrected chi connectivity index (χ1v) is 7.35. The van der Waals surface area contributed by atoms with Crippen LogP contribution < -0.4 is 0 Å². The number of methoxy groups -OCH3 is 1. The quantitative estimate of drug-likeness (QED) is 0.828. The van der Waals surface area contributed by atoms with Crippen LogP contribution in [-0.4, -0.2) is 18.2 Å². The Labute approximate surface area is 128 Å². The molecule has 0 saturated carbocycles. The fourth-order valence-corrected chi connectivity index (χ4v) is 2.36. The molecule has 0 aliphatic carbocycles. The van der Waals surface area contributed by atoms with Crippen molar-refractivity contribution in [2.24, 2.45) is 0 Å². The topological polar surface area (TPSA) is 46.5 Å². The van der Waals surface area contributed by atoms with Crippen molar-refractivity contribution in [1.29, 1.82) is 0 Å². The van der Waals surface area contributed by atoms with Crippen LogP contribution >= 0.6 is 0 Å². The number of phenolic OH excluding ortho intramolecular Hbond substituents is 1. The molecule has 0 aromatic heterocycles. The molecule has 0 bridgehead atoms. The van der Waals surface area contributed by atoms with E-state index < -0.39 is 0 Å². The number of rotatable bonds is 2. The number of phenols is 1. The van der Waals surface area contributed by atoms with Crippen molar-refractivity contribution in [2.75, 3.05) is 7.11 Å². The molecule has 0 amide bonds. The maximum atomic E-state index is 11.8. The zero-order valence-corrected chi connectivity index (χ0v) is 14.5. The maximum absolute atomic E-state index is 11.8. The first kappa shape index (κ1) is 17.5. The molecule has 0 radical (unpaired) electrons. The molecule has 118 valence electrons. The minimum atomic E-state index is -0.349. The third-order valence-corrected chi connectivity index (χ3v) is 3.80. The van der Waals surface area contributed by atoms with E-state index in [1.165, 1.54) is 7.11 Å². The van der Waals surface area contributed by atoms with Crippen LogP contribution in [0.4, 0.5) is 0 Å². The maximum Gasteiger partial charge on any atom is 0.312 e. The number of hydrogen-bond donors (Lipinski definition) is 1. The van der Waals surface area contributed by atoms with Crippen molar-refractivity contribution in [3.8, 4) is 5.75 Å². The van der Waals surface area contributed by atoms with Gasteiger partial charge in [0.25, 0.3) is 0 Å². The second kappa shape index (κ2) is 5.70. The summed E-state index contributed by atoms with van der Waals surface area (Å²) in [7, 11) is 1.40. The first-order valence-electron chi connectivity index (χ1n) is 7.35. The summed E-state index contributed by atoms with van der Waals surface area (Å²) in [5.74, 6) is -0.283. The minimum absolute atomic E-state index is 0.198. The second-order valence-electron chi connectivity index (χ2n) is 7.71. The number of esters is 1. The van der Waals surface area contributed by atoms with E-state index >= 15 is 0 Å². The minimum Gasteiger partial charge on any atom is -0.507 e. The number of carbonyl (C=O) groups excluding carboxylic acids is 1. The molecular weight excluding hydrogens is 264 g/mol. The Kier molecular flexibility index (Phi) is 4.76. The van der Waals surface area contributed by atoms with E-state index in [0.29, 0.717) is 5.75 Å². The summed E-state index contributed by atoms with van der Waals surface area (Å²) in [5.41, 5.74) is 2.21. The van der Waals surface area contributed by atoms with Gasteiger partial charge in [0.1, 0.15) is 5.75 Å². The van der Waals surface area contributed by atoms with Crippen LogP contribution in [0.25, 0.3) is 0 Å². The van der Waals surface area contributed by atoms with Crippen molar-refractivity contribution < 1.29 is 14.6 Å².